The van der Waals surface area contributed by atoms with E-state index in [2.05, 4.69) is 12.3 Å². The quantitative estimate of drug-likeness (QED) is 0.305. The molecule has 1 aliphatic carbocycles. The Hall–Kier alpha value is -0.0800. The molecule has 0 bridgehead atoms. The fraction of sp³-hybridized carbons (Fsp3) is 1.00. The van der Waals surface area contributed by atoms with Crippen LogP contribution in [0.4, 0.5) is 0 Å². The molecule has 1 fully saturated rings. The van der Waals surface area contributed by atoms with Crippen molar-refractivity contribution in [3.05, 3.63) is 0 Å². The van der Waals surface area contributed by atoms with Gasteiger partial charge in [-0.1, -0.05) is 64.7 Å². The standard InChI is InChI=1S/C15H32N2/c1-2-3-4-5-6-7-8-9-15(17-16)13-12-14-10-11-14/h14-15,17H,2-13,16H2,1H3. The molecule has 0 radical (unpaired) electrons. The van der Waals surface area contributed by atoms with Crippen LogP contribution in [-0.2, 0) is 0 Å². The molecule has 0 amide bonds. The Morgan fingerprint density at radius 3 is 2.24 bits per heavy atom. The van der Waals surface area contributed by atoms with E-state index >= 15 is 0 Å². The fourth-order valence-electron chi connectivity index (χ4n) is 2.50. The van der Waals surface area contributed by atoms with Gasteiger partial charge in [-0.05, 0) is 25.2 Å². The van der Waals surface area contributed by atoms with Crippen molar-refractivity contribution in [3.63, 3.8) is 0 Å². The number of unbranched alkanes of at least 4 members (excludes halogenated alkanes) is 6. The number of nitrogens with one attached hydrogen (secondary N) is 1. The van der Waals surface area contributed by atoms with Crippen molar-refractivity contribution in [2.75, 3.05) is 0 Å². The molecule has 0 saturated heterocycles. The SMILES string of the molecule is CCCCCCCCCC(CCC1CC1)NN. The van der Waals surface area contributed by atoms with Crippen LogP contribution in [-0.4, -0.2) is 6.04 Å². The van der Waals surface area contributed by atoms with Crippen molar-refractivity contribution in [1.82, 2.24) is 5.43 Å². The number of rotatable bonds is 12. The third-order valence-electron chi connectivity index (χ3n) is 4.01. The van der Waals surface area contributed by atoms with Gasteiger partial charge in [0.1, 0.15) is 0 Å². The predicted octanol–water partition coefficient (Wildman–Crippen LogP) is 4.15. The Labute approximate surface area is 108 Å². The average molecular weight is 240 g/mol. The van der Waals surface area contributed by atoms with Crippen molar-refractivity contribution in [2.45, 2.75) is 90.0 Å². The summed E-state index contributed by atoms with van der Waals surface area (Å²) < 4.78 is 0. The Morgan fingerprint density at radius 2 is 1.65 bits per heavy atom. The number of hydrogen-bond donors (Lipinski definition) is 2. The van der Waals surface area contributed by atoms with Crippen LogP contribution in [0.2, 0.25) is 0 Å². The predicted molar refractivity (Wildman–Crippen MR) is 75.7 cm³/mol. The van der Waals surface area contributed by atoms with Gasteiger partial charge < -0.3 is 0 Å². The Bertz CT molecular complexity index is 166. The average Bonchev–Trinajstić information content (AvgIpc) is 3.16. The number of hydrazine groups is 1. The van der Waals surface area contributed by atoms with Crippen LogP contribution in [0.25, 0.3) is 0 Å². The third-order valence-corrected chi connectivity index (χ3v) is 4.01. The molecule has 3 N–H and O–H groups in total. The van der Waals surface area contributed by atoms with Crippen LogP contribution < -0.4 is 11.3 Å². The second-order valence-electron chi connectivity index (χ2n) is 5.79. The highest BCUT2D eigenvalue weighted by Crippen LogP contribution is 2.34. The maximum absolute atomic E-state index is 5.61. The maximum Gasteiger partial charge on any atom is 0.0210 e. The van der Waals surface area contributed by atoms with Gasteiger partial charge in [0, 0.05) is 6.04 Å². The van der Waals surface area contributed by atoms with E-state index in [-0.39, 0.29) is 0 Å². The van der Waals surface area contributed by atoms with Gasteiger partial charge in [-0.15, -0.1) is 0 Å². The van der Waals surface area contributed by atoms with Gasteiger partial charge in [0.2, 0.25) is 0 Å². The summed E-state index contributed by atoms with van der Waals surface area (Å²) in [6.07, 6.45) is 16.7. The monoisotopic (exact) mass is 240 g/mol. The summed E-state index contributed by atoms with van der Waals surface area (Å²) in [4.78, 5) is 0. The molecule has 1 saturated carbocycles. The minimum atomic E-state index is 0.575. The van der Waals surface area contributed by atoms with Crippen LogP contribution >= 0.6 is 0 Å². The van der Waals surface area contributed by atoms with Gasteiger partial charge >= 0.3 is 0 Å². The van der Waals surface area contributed by atoms with Gasteiger partial charge in [0.05, 0.1) is 0 Å². The normalized spacial score (nSPS) is 17.3. The molecule has 102 valence electrons. The Morgan fingerprint density at radius 1 is 1.00 bits per heavy atom. The maximum atomic E-state index is 5.61. The van der Waals surface area contributed by atoms with Crippen LogP contribution in [0.3, 0.4) is 0 Å². The molecule has 1 rings (SSSR count). The van der Waals surface area contributed by atoms with Crippen LogP contribution in [0.1, 0.15) is 84.0 Å². The highest BCUT2D eigenvalue weighted by molar-refractivity contribution is 4.76. The second-order valence-corrected chi connectivity index (χ2v) is 5.79. The van der Waals surface area contributed by atoms with E-state index in [0.29, 0.717) is 6.04 Å². The molecule has 0 aliphatic heterocycles. The summed E-state index contributed by atoms with van der Waals surface area (Å²) in [6.45, 7) is 2.28. The Kier molecular flexibility index (Phi) is 8.72. The van der Waals surface area contributed by atoms with E-state index in [1.807, 2.05) is 0 Å². The molecule has 17 heavy (non-hydrogen) atoms. The van der Waals surface area contributed by atoms with E-state index < -0.39 is 0 Å². The molecule has 1 atom stereocenters. The van der Waals surface area contributed by atoms with Crippen molar-refractivity contribution in [3.8, 4) is 0 Å². The number of hydrogen-bond acceptors (Lipinski definition) is 2. The van der Waals surface area contributed by atoms with Crippen LogP contribution in [0.15, 0.2) is 0 Å². The molecule has 0 aromatic carbocycles. The van der Waals surface area contributed by atoms with Gasteiger partial charge in [-0.2, -0.15) is 0 Å². The fourth-order valence-corrected chi connectivity index (χ4v) is 2.50. The molecule has 2 heteroatoms. The van der Waals surface area contributed by atoms with E-state index in [1.165, 1.54) is 77.0 Å². The highest BCUT2D eigenvalue weighted by atomic mass is 15.2. The summed E-state index contributed by atoms with van der Waals surface area (Å²) in [6, 6.07) is 0.575. The van der Waals surface area contributed by atoms with Crippen molar-refractivity contribution in [2.24, 2.45) is 11.8 Å². The second kappa shape index (κ2) is 9.90. The summed E-state index contributed by atoms with van der Waals surface area (Å²) in [5.41, 5.74) is 3.00. The molecule has 1 aliphatic rings. The van der Waals surface area contributed by atoms with Crippen molar-refractivity contribution >= 4 is 0 Å². The van der Waals surface area contributed by atoms with E-state index in [0.717, 1.165) is 5.92 Å². The van der Waals surface area contributed by atoms with Crippen LogP contribution in [0.5, 0.6) is 0 Å². The first-order valence-electron chi connectivity index (χ1n) is 7.83. The minimum Gasteiger partial charge on any atom is -0.271 e. The van der Waals surface area contributed by atoms with Crippen molar-refractivity contribution in [1.29, 1.82) is 0 Å². The molecule has 0 aromatic heterocycles. The first kappa shape index (κ1) is 15.0. The Balaban J connectivity index is 1.84. The first-order chi connectivity index (χ1) is 8.36. The van der Waals surface area contributed by atoms with Gasteiger partial charge in [-0.25, -0.2) is 0 Å². The van der Waals surface area contributed by atoms with Crippen molar-refractivity contribution < 1.29 is 0 Å². The zero-order chi connectivity index (χ0) is 12.3. The lowest BCUT2D eigenvalue weighted by Crippen LogP contribution is -2.35. The zero-order valence-electron chi connectivity index (χ0n) is 11.7. The lowest BCUT2D eigenvalue weighted by molar-refractivity contribution is 0.419. The summed E-state index contributed by atoms with van der Waals surface area (Å²) >= 11 is 0. The van der Waals surface area contributed by atoms with Gasteiger partial charge in [0.25, 0.3) is 0 Å². The molecular formula is C15H32N2. The summed E-state index contributed by atoms with van der Waals surface area (Å²) in [5.74, 6) is 6.65. The molecular weight excluding hydrogens is 208 g/mol. The lowest BCUT2D eigenvalue weighted by Gasteiger charge is -2.15. The highest BCUT2D eigenvalue weighted by Gasteiger charge is 2.21. The molecule has 0 aromatic rings. The minimum absolute atomic E-state index is 0.575. The molecule has 1 unspecified atom stereocenters. The smallest absolute Gasteiger partial charge is 0.0210 e. The topological polar surface area (TPSA) is 38.0 Å². The summed E-state index contributed by atoms with van der Waals surface area (Å²) in [7, 11) is 0. The molecule has 0 spiro atoms. The molecule has 0 heterocycles. The van der Waals surface area contributed by atoms with E-state index in [4.69, 9.17) is 5.84 Å². The third kappa shape index (κ3) is 8.62. The van der Waals surface area contributed by atoms with Gasteiger partial charge in [-0.3, -0.25) is 11.3 Å². The van der Waals surface area contributed by atoms with E-state index in [9.17, 15) is 0 Å². The van der Waals surface area contributed by atoms with Crippen LogP contribution in [0, 0.1) is 5.92 Å². The first-order valence-corrected chi connectivity index (χ1v) is 7.83. The lowest BCUT2D eigenvalue weighted by atomic mass is 10.0. The summed E-state index contributed by atoms with van der Waals surface area (Å²) in [5, 5.41) is 0. The molecule has 2 nitrogen and oxygen atoms in total. The largest absolute Gasteiger partial charge is 0.271 e. The number of nitrogens with two attached hydrogens (primary N) is 1. The van der Waals surface area contributed by atoms with E-state index in [1.54, 1.807) is 0 Å². The zero-order valence-corrected chi connectivity index (χ0v) is 11.7. The van der Waals surface area contributed by atoms with Gasteiger partial charge in [0.15, 0.2) is 0 Å².